The van der Waals surface area contributed by atoms with E-state index in [4.69, 9.17) is 10.5 Å². The van der Waals surface area contributed by atoms with Crippen molar-refractivity contribution >= 4 is 41.4 Å². The molecule has 0 aliphatic heterocycles. The Labute approximate surface area is 265 Å². The SMILES string of the molecule is CNC(=O)[C@H](NC(=O)[C@@H](C(C)C)N(C)C(=O)OCc1ccc(NC(=O)[C@@H](CCCNC(N)=O)NC(=O)CC(C)C)cc1)C(C)C. The van der Waals surface area contributed by atoms with E-state index < -0.39 is 42.1 Å². The molecule has 45 heavy (non-hydrogen) atoms. The Morgan fingerprint density at radius 3 is 2.00 bits per heavy atom. The average Bonchev–Trinajstić information content (AvgIpc) is 2.95. The molecule has 3 atom stereocenters. The van der Waals surface area contributed by atoms with E-state index in [0.29, 0.717) is 17.7 Å². The lowest BCUT2D eigenvalue weighted by molar-refractivity contribution is -0.133. The van der Waals surface area contributed by atoms with Crippen LogP contribution in [0.2, 0.25) is 0 Å². The standard InChI is InChI=1S/C31H51N7O7/c1-18(2)16-24(39)36-23(10-9-15-34-30(32)43)27(40)35-22-13-11-21(12-14-22)17-45-31(44)38(8)26(20(5)6)29(42)37-25(19(3)4)28(41)33-7/h11-14,18-20,23,25-26H,9-10,15-17H2,1-8H3,(H,33,41)(H,35,40)(H,36,39)(H,37,42)(H3,32,34,43)/t23-,25-,26-/m1/s1. The maximum absolute atomic E-state index is 13.1. The van der Waals surface area contributed by atoms with Crippen molar-refractivity contribution in [2.75, 3.05) is 26.0 Å². The summed E-state index contributed by atoms with van der Waals surface area (Å²) < 4.78 is 5.45. The summed E-state index contributed by atoms with van der Waals surface area (Å²) in [5, 5.41) is 13.3. The fourth-order valence-electron chi connectivity index (χ4n) is 4.54. The molecule has 14 nitrogen and oxygen atoms in total. The van der Waals surface area contributed by atoms with Crippen LogP contribution in [0.1, 0.15) is 66.4 Å². The highest BCUT2D eigenvalue weighted by Gasteiger charge is 2.34. The number of carbonyl (C=O) groups is 6. The summed E-state index contributed by atoms with van der Waals surface area (Å²) in [6.45, 7) is 11.2. The van der Waals surface area contributed by atoms with Crippen molar-refractivity contribution in [3.05, 3.63) is 29.8 Å². The number of hydrogen-bond donors (Lipinski definition) is 6. The van der Waals surface area contributed by atoms with Crippen LogP contribution in [0.3, 0.4) is 0 Å². The molecule has 0 aromatic heterocycles. The van der Waals surface area contributed by atoms with E-state index in [0.717, 1.165) is 0 Å². The molecular weight excluding hydrogens is 582 g/mol. The first kappa shape index (κ1) is 38.7. The van der Waals surface area contributed by atoms with Crippen LogP contribution in [0.4, 0.5) is 15.3 Å². The number of hydrogen-bond acceptors (Lipinski definition) is 7. The Morgan fingerprint density at radius 2 is 1.49 bits per heavy atom. The highest BCUT2D eigenvalue weighted by atomic mass is 16.6. The fraction of sp³-hybridized carbons (Fsp3) is 0.613. The van der Waals surface area contributed by atoms with Crippen molar-refractivity contribution < 1.29 is 33.5 Å². The van der Waals surface area contributed by atoms with Gasteiger partial charge in [0.05, 0.1) is 0 Å². The number of carbonyl (C=O) groups excluding carboxylic acids is 6. The van der Waals surface area contributed by atoms with Gasteiger partial charge in [0.1, 0.15) is 24.7 Å². The molecule has 0 saturated carbocycles. The summed E-state index contributed by atoms with van der Waals surface area (Å²) in [6, 6.07) is 3.52. The van der Waals surface area contributed by atoms with Crippen LogP contribution in [0.5, 0.6) is 0 Å². The van der Waals surface area contributed by atoms with Crippen LogP contribution < -0.4 is 32.3 Å². The van der Waals surface area contributed by atoms with Crippen molar-refractivity contribution in [1.82, 2.24) is 26.2 Å². The molecule has 1 aromatic carbocycles. The van der Waals surface area contributed by atoms with E-state index in [1.807, 2.05) is 27.7 Å². The van der Waals surface area contributed by atoms with Crippen LogP contribution in [0, 0.1) is 17.8 Å². The molecule has 1 rings (SSSR count). The maximum atomic E-state index is 13.1. The molecule has 0 saturated heterocycles. The van der Waals surface area contributed by atoms with Gasteiger partial charge in [-0.15, -0.1) is 0 Å². The topological polar surface area (TPSA) is 201 Å². The molecule has 0 radical (unpaired) electrons. The summed E-state index contributed by atoms with van der Waals surface area (Å²) >= 11 is 0. The van der Waals surface area contributed by atoms with Gasteiger partial charge >= 0.3 is 12.1 Å². The number of benzene rings is 1. The summed E-state index contributed by atoms with van der Waals surface area (Å²) in [5.74, 6) is -1.76. The fourth-order valence-corrected chi connectivity index (χ4v) is 4.54. The molecule has 7 amide bonds. The number of amides is 7. The minimum absolute atomic E-state index is 0.0859. The van der Waals surface area contributed by atoms with Crippen molar-refractivity contribution in [2.45, 2.75) is 85.5 Å². The first-order valence-electron chi connectivity index (χ1n) is 15.2. The lowest BCUT2D eigenvalue weighted by Gasteiger charge is -2.31. The number of likely N-dealkylation sites (N-methyl/N-ethyl adjacent to an activating group) is 2. The number of urea groups is 1. The second-order valence-electron chi connectivity index (χ2n) is 12.0. The first-order valence-corrected chi connectivity index (χ1v) is 15.2. The molecule has 0 unspecified atom stereocenters. The van der Waals surface area contributed by atoms with Crippen LogP contribution in [0.15, 0.2) is 24.3 Å². The molecule has 0 heterocycles. The van der Waals surface area contributed by atoms with Gasteiger partial charge in [0.15, 0.2) is 0 Å². The van der Waals surface area contributed by atoms with Crippen LogP contribution in [-0.2, 0) is 30.5 Å². The van der Waals surface area contributed by atoms with Gasteiger partial charge in [-0.25, -0.2) is 9.59 Å². The molecule has 0 aliphatic carbocycles. The van der Waals surface area contributed by atoms with Gasteiger partial charge in [-0.3, -0.25) is 24.1 Å². The number of primary amides is 1. The van der Waals surface area contributed by atoms with E-state index in [-0.39, 0.29) is 55.6 Å². The predicted octanol–water partition coefficient (Wildman–Crippen LogP) is 2.08. The third-order valence-corrected chi connectivity index (χ3v) is 6.90. The zero-order valence-corrected chi connectivity index (χ0v) is 27.7. The molecule has 1 aromatic rings. The van der Waals surface area contributed by atoms with Gasteiger partial charge in [0.25, 0.3) is 0 Å². The van der Waals surface area contributed by atoms with Gasteiger partial charge in [-0.05, 0) is 48.3 Å². The van der Waals surface area contributed by atoms with Gasteiger partial charge in [-0.1, -0.05) is 53.7 Å². The lowest BCUT2D eigenvalue weighted by Crippen LogP contribution is -2.56. The molecule has 0 aliphatic rings. The number of rotatable bonds is 17. The van der Waals surface area contributed by atoms with Gasteiger partial charge in [0, 0.05) is 32.7 Å². The first-order chi connectivity index (χ1) is 21.1. The second-order valence-corrected chi connectivity index (χ2v) is 12.0. The van der Waals surface area contributed by atoms with E-state index in [1.165, 1.54) is 19.0 Å². The Hall–Kier alpha value is -4.36. The maximum Gasteiger partial charge on any atom is 0.410 e. The number of nitrogens with two attached hydrogens (primary N) is 1. The summed E-state index contributed by atoms with van der Waals surface area (Å²) in [7, 11) is 2.96. The quantitative estimate of drug-likeness (QED) is 0.141. The molecular formula is C31H51N7O7. The van der Waals surface area contributed by atoms with Gasteiger partial charge in [-0.2, -0.15) is 0 Å². The monoisotopic (exact) mass is 633 g/mol. The number of ether oxygens (including phenoxy) is 1. The molecule has 14 heteroatoms. The highest BCUT2D eigenvalue weighted by molar-refractivity contribution is 5.97. The highest BCUT2D eigenvalue weighted by Crippen LogP contribution is 2.16. The van der Waals surface area contributed by atoms with E-state index >= 15 is 0 Å². The zero-order valence-electron chi connectivity index (χ0n) is 27.7. The van der Waals surface area contributed by atoms with E-state index in [1.54, 1.807) is 38.1 Å². The van der Waals surface area contributed by atoms with E-state index in [9.17, 15) is 28.8 Å². The normalized spacial score (nSPS) is 13.0. The third-order valence-electron chi connectivity index (χ3n) is 6.90. The smallest absolute Gasteiger partial charge is 0.410 e. The number of nitrogens with zero attached hydrogens (tertiary/aromatic N) is 1. The lowest BCUT2D eigenvalue weighted by atomic mass is 9.99. The van der Waals surface area contributed by atoms with Crippen LogP contribution >= 0.6 is 0 Å². The molecule has 0 fully saturated rings. The Balaban J connectivity index is 2.83. The van der Waals surface area contributed by atoms with Crippen LogP contribution in [0.25, 0.3) is 0 Å². The molecule has 252 valence electrons. The molecule has 0 spiro atoms. The van der Waals surface area contributed by atoms with Gasteiger partial charge < -0.3 is 37.1 Å². The van der Waals surface area contributed by atoms with Crippen molar-refractivity contribution in [3.8, 4) is 0 Å². The van der Waals surface area contributed by atoms with Gasteiger partial charge in [0.2, 0.25) is 23.6 Å². The van der Waals surface area contributed by atoms with Crippen molar-refractivity contribution in [2.24, 2.45) is 23.5 Å². The zero-order chi connectivity index (χ0) is 34.3. The van der Waals surface area contributed by atoms with E-state index in [2.05, 4.69) is 26.6 Å². The molecule has 0 bridgehead atoms. The second kappa shape index (κ2) is 19.1. The third kappa shape index (κ3) is 13.9. The van der Waals surface area contributed by atoms with Crippen molar-refractivity contribution in [3.63, 3.8) is 0 Å². The molecule has 7 N–H and O–H groups in total. The minimum atomic E-state index is -0.874. The summed E-state index contributed by atoms with van der Waals surface area (Å²) in [4.78, 5) is 75.7. The Kier molecular flexibility index (Phi) is 16.4. The van der Waals surface area contributed by atoms with Crippen molar-refractivity contribution in [1.29, 1.82) is 0 Å². The average molecular weight is 634 g/mol. The largest absolute Gasteiger partial charge is 0.445 e. The number of anilines is 1. The predicted molar refractivity (Wildman–Crippen MR) is 171 cm³/mol. The summed E-state index contributed by atoms with van der Waals surface area (Å²) in [6.07, 6.45) is 0.265. The minimum Gasteiger partial charge on any atom is -0.445 e. The Morgan fingerprint density at radius 1 is 0.867 bits per heavy atom. The summed E-state index contributed by atoms with van der Waals surface area (Å²) in [5.41, 5.74) is 6.20. The number of nitrogens with one attached hydrogen (secondary N) is 5. The Bertz CT molecular complexity index is 1160. The van der Waals surface area contributed by atoms with Crippen LogP contribution in [-0.4, -0.2) is 79.4 Å².